The van der Waals surface area contributed by atoms with Crippen LogP contribution in [0.5, 0.6) is 0 Å². The molecular formula is C23H35N3S. The normalized spacial score (nSPS) is 13.0. The fourth-order valence-electron chi connectivity index (χ4n) is 2.87. The molecule has 0 radical (unpaired) electrons. The van der Waals surface area contributed by atoms with E-state index < -0.39 is 0 Å². The monoisotopic (exact) mass is 385 g/mol. The largest absolute Gasteiger partial charge is 0.383 e. The van der Waals surface area contributed by atoms with Crippen LogP contribution in [0.15, 0.2) is 59.8 Å². The van der Waals surface area contributed by atoms with Crippen molar-refractivity contribution in [2.24, 2.45) is 10.9 Å². The third-order valence-corrected chi connectivity index (χ3v) is 4.51. The summed E-state index contributed by atoms with van der Waals surface area (Å²) in [6.45, 7) is 7.00. The van der Waals surface area contributed by atoms with Gasteiger partial charge in [-0.1, -0.05) is 43.4 Å². The van der Waals surface area contributed by atoms with Crippen molar-refractivity contribution in [1.82, 2.24) is 10.3 Å². The van der Waals surface area contributed by atoms with Crippen molar-refractivity contribution >= 4 is 18.8 Å². The molecule has 1 N–H and O–H groups in total. The summed E-state index contributed by atoms with van der Waals surface area (Å²) in [5, 5.41) is 3.44. The maximum absolute atomic E-state index is 4.57. The van der Waals surface area contributed by atoms with Crippen molar-refractivity contribution in [3.63, 3.8) is 0 Å². The first-order valence-corrected chi connectivity index (χ1v) is 10.5. The number of rotatable bonds is 14. The second kappa shape index (κ2) is 15.3. The van der Waals surface area contributed by atoms with Crippen LogP contribution in [0.2, 0.25) is 0 Å². The lowest BCUT2D eigenvalue weighted by molar-refractivity contribution is 0.524. The van der Waals surface area contributed by atoms with Gasteiger partial charge in [0, 0.05) is 19.0 Å². The summed E-state index contributed by atoms with van der Waals surface area (Å²) in [6.07, 6.45) is 17.6. The number of nitrogens with one attached hydrogen (secondary N) is 1. The molecule has 27 heavy (non-hydrogen) atoms. The first-order valence-electron chi connectivity index (χ1n) is 9.88. The molecule has 0 fully saturated rings. The van der Waals surface area contributed by atoms with E-state index in [9.17, 15) is 0 Å². The highest BCUT2D eigenvalue weighted by Gasteiger charge is 2.07. The second-order valence-electron chi connectivity index (χ2n) is 6.66. The predicted octanol–water partition coefficient (Wildman–Crippen LogP) is 5.75. The SMILES string of the molecule is C=C(C[C@@H](/C=C/CCS)CCCC/C=C/C)NCc1cccc(C=NC)n1. The number of unbranched alkanes of at least 4 members (excludes halogenated alkanes) is 2. The molecule has 1 atom stereocenters. The van der Waals surface area contributed by atoms with E-state index in [0.717, 1.165) is 35.7 Å². The van der Waals surface area contributed by atoms with E-state index in [1.807, 2.05) is 18.2 Å². The highest BCUT2D eigenvalue weighted by atomic mass is 32.1. The Hall–Kier alpha value is -1.81. The van der Waals surface area contributed by atoms with Gasteiger partial charge < -0.3 is 5.32 Å². The van der Waals surface area contributed by atoms with Gasteiger partial charge in [-0.25, -0.2) is 4.98 Å². The van der Waals surface area contributed by atoms with Crippen molar-refractivity contribution in [2.75, 3.05) is 12.8 Å². The van der Waals surface area contributed by atoms with E-state index in [0.29, 0.717) is 12.5 Å². The molecule has 1 rings (SSSR count). The molecule has 0 saturated carbocycles. The Balaban J connectivity index is 2.49. The van der Waals surface area contributed by atoms with Crippen LogP contribution in [0.4, 0.5) is 0 Å². The molecule has 0 spiro atoms. The standard InChI is InChI=1S/C23H35N3S/c1-4-5-6-7-8-12-21(13-9-10-16-27)17-20(2)25-19-23-15-11-14-22(26-23)18-24-3/h4-5,9,11,13-15,18,21,25,27H,2,6-8,10,12,16-17,19H2,1,3H3/b5-4+,13-9+,24-18?/t21-/m1/s1. The van der Waals surface area contributed by atoms with Crippen LogP contribution >= 0.6 is 12.6 Å². The van der Waals surface area contributed by atoms with Crippen LogP contribution in [-0.4, -0.2) is 24.0 Å². The molecule has 1 aromatic rings. The first kappa shape index (κ1) is 23.2. The van der Waals surface area contributed by atoms with E-state index in [4.69, 9.17) is 0 Å². The molecule has 0 aromatic carbocycles. The van der Waals surface area contributed by atoms with Gasteiger partial charge in [-0.3, -0.25) is 4.99 Å². The number of hydrogen-bond acceptors (Lipinski definition) is 4. The molecule has 0 aliphatic carbocycles. The number of aromatic nitrogens is 1. The summed E-state index contributed by atoms with van der Waals surface area (Å²) < 4.78 is 0. The van der Waals surface area contributed by atoms with Gasteiger partial charge in [0.25, 0.3) is 0 Å². The third-order valence-electron chi connectivity index (χ3n) is 4.25. The summed E-state index contributed by atoms with van der Waals surface area (Å²) in [4.78, 5) is 8.59. The van der Waals surface area contributed by atoms with Crippen molar-refractivity contribution in [3.8, 4) is 0 Å². The Kier molecular flexibility index (Phi) is 13.1. The zero-order valence-corrected chi connectivity index (χ0v) is 17.8. The smallest absolute Gasteiger partial charge is 0.0811 e. The summed E-state index contributed by atoms with van der Waals surface area (Å²) in [6, 6.07) is 6.00. The summed E-state index contributed by atoms with van der Waals surface area (Å²) in [7, 11) is 1.76. The Morgan fingerprint density at radius 3 is 2.89 bits per heavy atom. The lowest BCUT2D eigenvalue weighted by Crippen LogP contribution is -2.15. The van der Waals surface area contributed by atoms with Crippen LogP contribution < -0.4 is 5.32 Å². The minimum absolute atomic E-state index is 0.530. The minimum Gasteiger partial charge on any atom is -0.383 e. The van der Waals surface area contributed by atoms with Gasteiger partial charge in [0.2, 0.25) is 0 Å². The van der Waals surface area contributed by atoms with Gasteiger partial charge >= 0.3 is 0 Å². The third kappa shape index (κ3) is 11.5. The lowest BCUT2D eigenvalue weighted by atomic mass is 9.95. The molecule has 3 nitrogen and oxygen atoms in total. The molecule has 148 valence electrons. The molecule has 0 bridgehead atoms. The average Bonchev–Trinajstić information content (AvgIpc) is 2.67. The van der Waals surface area contributed by atoms with Crippen molar-refractivity contribution < 1.29 is 0 Å². The fraction of sp³-hybridized carbons (Fsp3) is 0.478. The Morgan fingerprint density at radius 2 is 2.15 bits per heavy atom. The highest BCUT2D eigenvalue weighted by molar-refractivity contribution is 7.80. The number of pyridine rings is 1. The molecule has 0 aliphatic rings. The van der Waals surface area contributed by atoms with E-state index in [2.05, 4.69) is 65.7 Å². The van der Waals surface area contributed by atoms with E-state index in [1.54, 1.807) is 13.3 Å². The van der Waals surface area contributed by atoms with Gasteiger partial charge in [0.05, 0.1) is 17.9 Å². The van der Waals surface area contributed by atoms with Crippen LogP contribution in [-0.2, 0) is 6.54 Å². The maximum atomic E-state index is 4.57. The molecule has 4 heteroatoms. The minimum atomic E-state index is 0.530. The first-order chi connectivity index (χ1) is 13.2. The molecule has 1 aromatic heterocycles. The highest BCUT2D eigenvalue weighted by Crippen LogP contribution is 2.19. The molecule has 0 amide bonds. The van der Waals surface area contributed by atoms with Gasteiger partial charge in [0.1, 0.15) is 0 Å². The van der Waals surface area contributed by atoms with E-state index in [-0.39, 0.29) is 0 Å². The number of hydrogen-bond donors (Lipinski definition) is 2. The van der Waals surface area contributed by atoms with Crippen molar-refractivity contribution in [3.05, 3.63) is 66.2 Å². The Bertz CT molecular complexity index is 620. The lowest BCUT2D eigenvalue weighted by Gasteiger charge is -2.16. The Labute approximate surface area is 171 Å². The topological polar surface area (TPSA) is 37.3 Å². The molecule has 0 unspecified atom stereocenters. The van der Waals surface area contributed by atoms with Crippen LogP contribution in [0, 0.1) is 5.92 Å². The van der Waals surface area contributed by atoms with Crippen molar-refractivity contribution in [1.29, 1.82) is 0 Å². The fourth-order valence-corrected chi connectivity index (χ4v) is 3.02. The zero-order valence-electron chi connectivity index (χ0n) is 16.9. The van der Waals surface area contributed by atoms with Crippen LogP contribution in [0.25, 0.3) is 0 Å². The van der Waals surface area contributed by atoms with Gasteiger partial charge in [-0.15, -0.1) is 0 Å². The van der Waals surface area contributed by atoms with Crippen LogP contribution in [0.3, 0.4) is 0 Å². The number of allylic oxidation sites excluding steroid dienone is 5. The Morgan fingerprint density at radius 1 is 1.30 bits per heavy atom. The van der Waals surface area contributed by atoms with Crippen molar-refractivity contribution in [2.45, 2.75) is 52.0 Å². The number of aliphatic imine (C=N–C) groups is 1. The summed E-state index contributed by atoms with van der Waals surface area (Å²) in [5.41, 5.74) is 2.96. The molecule has 1 heterocycles. The second-order valence-corrected chi connectivity index (χ2v) is 7.10. The van der Waals surface area contributed by atoms with Gasteiger partial charge in [-0.05, 0) is 62.8 Å². The van der Waals surface area contributed by atoms with Gasteiger partial charge in [-0.2, -0.15) is 12.6 Å². The summed E-state index contributed by atoms with van der Waals surface area (Å²) in [5.74, 6) is 1.43. The maximum Gasteiger partial charge on any atom is 0.0811 e. The predicted molar refractivity (Wildman–Crippen MR) is 123 cm³/mol. The quantitative estimate of drug-likeness (QED) is 0.185. The van der Waals surface area contributed by atoms with Crippen LogP contribution in [0.1, 0.15) is 56.8 Å². The number of thiol groups is 1. The molecular weight excluding hydrogens is 350 g/mol. The van der Waals surface area contributed by atoms with E-state index >= 15 is 0 Å². The molecule has 0 saturated heterocycles. The number of nitrogens with zero attached hydrogens (tertiary/aromatic N) is 2. The summed E-state index contributed by atoms with van der Waals surface area (Å²) >= 11 is 4.29. The molecule has 0 aliphatic heterocycles. The van der Waals surface area contributed by atoms with Gasteiger partial charge in [0.15, 0.2) is 0 Å². The average molecular weight is 386 g/mol. The van der Waals surface area contributed by atoms with E-state index in [1.165, 1.54) is 25.7 Å². The zero-order chi connectivity index (χ0) is 19.7.